The minimum absolute atomic E-state index is 0.320. The van der Waals surface area contributed by atoms with Crippen LogP contribution in [0.2, 0.25) is 0 Å². The molecule has 3 aromatic carbocycles. The summed E-state index contributed by atoms with van der Waals surface area (Å²) in [5.74, 6) is -2.12. The Bertz CT molecular complexity index is 1120. The van der Waals surface area contributed by atoms with Crippen LogP contribution in [0.4, 0.5) is 15.8 Å². The zero-order chi connectivity index (χ0) is 20.8. The lowest BCUT2D eigenvalue weighted by molar-refractivity contribution is -0.126. The number of carbonyl (C=O) groups is 2. The number of fused-ring (bicyclic) bond motifs is 1. The highest BCUT2D eigenvalue weighted by molar-refractivity contribution is 6.23. The molecule has 2 saturated heterocycles. The lowest BCUT2D eigenvalue weighted by atomic mass is 9.90. The summed E-state index contributed by atoms with van der Waals surface area (Å²) in [6, 6.07) is 21.8. The number of hydroxylamine groups is 1. The molecule has 3 unspecified atom stereocenters. The molecule has 2 fully saturated rings. The van der Waals surface area contributed by atoms with Gasteiger partial charge < -0.3 is 0 Å². The van der Waals surface area contributed by atoms with E-state index in [-0.39, 0.29) is 5.91 Å². The van der Waals surface area contributed by atoms with E-state index in [2.05, 4.69) is 0 Å². The molecule has 3 atom stereocenters. The molecule has 0 aliphatic carbocycles. The van der Waals surface area contributed by atoms with Crippen molar-refractivity contribution in [3.05, 3.63) is 95.8 Å². The Labute approximate surface area is 173 Å². The fraction of sp³-hybridized carbons (Fsp3) is 0.167. The predicted molar refractivity (Wildman–Crippen MR) is 110 cm³/mol. The van der Waals surface area contributed by atoms with E-state index >= 15 is 0 Å². The lowest BCUT2D eigenvalue weighted by Crippen LogP contribution is -2.37. The molecular weight excluding hydrogens is 383 g/mol. The van der Waals surface area contributed by atoms with Gasteiger partial charge in [0.25, 0.3) is 5.91 Å². The molecule has 2 heterocycles. The molecule has 2 amide bonds. The second kappa shape index (κ2) is 7.07. The van der Waals surface area contributed by atoms with Crippen LogP contribution in [0.3, 0.4) is 0 Å². The first kappa shape index (κ1) is 18.5. The van der Waals surface area contributed by atoms with Crippen molar-refractivity contribution in [3.8, 4) is 0 Å². The number of halogens is 1. The molecule has 150 valence electrons. The van der Waals surface area contributed by atoms with Gasteiger partial charge in [-0.15, -0.1) is 0 Å². The van der Waals surface area contributed by atoms with Gasteiger partial charge >= 0.3 is 0 Å². The van der Waals surface area contributed by atoms with Crippen LogP contribution < -0.4 is 9.96 Å². The van der Waals surface area contributed by atoms with Gasteiger partial charge in [0.2, 0.25) is 5.91 Å². The fourth-order valence-electron chi connectivity index (χ4n) is 4.19. The third-order valence-electron chi connectivity index (χ3n) is 5.64. The monoisotopic (exact) mass is 402 g/mol. The van der Waals surface area contributed by atoms with Gasteiger partial charge in [0.15, 0.2) is 6.10 Å². The highest BCUT2D eigenvalue weighted by Gasteiger charge is 2.60. The van der Waals surface area contributed by atoms with Crippen molar-refractivity contribution in [2.75, 3.05) is 9.96 Å². The second-order valence-corrected chi connectivity index (χ2v) is 7.53. The Hall–Kier alpha value is -3.51. The van der Waals surface area contributed by atoms with E-state index in [1.807, 2.05) is 49.4 Å². The number of nitrogens with zero attached hydrogens (tertiary/aromatic N) is 2. The van der Waals surface area contributed by atoms with Crippen LogP contribution in [0.5, 0.6) is 0 Å². The van der Waals surface area contributed by atoms with Crippen LogP contribution >= 0.6 is 0 Å². The van der Waals surface area contributed by atoms with E-state index in [0.29, 0.717) is 16.9 Å². The van der Waals surface area contributed by atoms with Crippen LogP contribution in [-0.4, -0.2) is 17.9 Å². The maximum atomic E-state index is 14.8. The molecular formula is C24H19FN2O3. The third kappa shape index (κ3) is 2.80. The first-order chi connectivity index (χ1) is 14.6. The third-order valence-corrected chi connectivity index (χ3v) is 5.64. The molecule has 0 saturated carbocycles. The Morgan fingerprint density at radius 2 is 1.47 bits per heavy atom. The zero-order valence-corrected chi connectivity index (χ0v) is 16.2. The summed E-state index contributed by atoms with van der Waals surface area (Å²) in [6.07, 6.45) is -1.01. The summed E-state index contributed by atoms with van der Waals surface area (Å²) >= 11 is 0. The number of rotatable bonds is 3. The van der Waals surface area contributed by atoms with Crippen molar-refractivity contribution >= 4 is 23.2 Å². The van der Waals surface area contributed by atoms with Gasteiger partial charge in [-0.2, -0.15) is 0 Å². The van der Waals surface area contributed by atoms with Gasteiger partial charge in [0.1, 0.15) is 11.7 Å². The number of benzene rings is 3. The summed E-state index contributed by atoms with van der Waals surface area (Å²) < 4.78 is 14.8. The van der Waals surface area contributed by atoms with E-state index in [1.54, 1.807) is 30.3 Å². The van der Waals surface area contributed by atoms with Gasteiger partial charge in [0, 0.05) is 5.56 Å². The van der Waals surface area contributed by atoms with Crippen molar-refractivity contribution in [2.24, 2.45) is 5.92 Å². The van der Waals surface area contributed by atoms with Crippen molar-refractivity contribution in [1.29, 1.82) is 0 Å². The summed E-state index contributed by atoms with van der Waals surface area (Å²) in [4.78, 5) is 33.8. The molecule has 0 spiro atoms. The van der Waals surface area contributed by atoms with Crippen LogP contribution in [0.1, 0.15) is 17.2 Å². The Kier molecular flexibility index (Phi) is 4.37. The molecule has 0 aromatic heterocycles. The molecule has 0 radical (unpaired) electrons. The van der Waals surface area contributed by atoms with Crippen LogP contribution in [0.15, 0.2) is 78.9 Å². The highest BCUT2D eigenvalue weighted by Crippen LogP contribution is 2.48. The molecule has 2 aliphatic heterocycles. The molecule has 0 bridgehead atoms. The lowest BCUT2D eigenvalue weighted by Gasteiger charge is -2.29. The van der Waals surface area contributed by atoms with Crippen molar-refractivity contribution in [3.63, 3.8) is 0 Å². The van der Waals surface area contributed by atoms with Gasteiger partial charge in [-0.3, -0.25) is 14.4 Å². The van der Waals surface area contributed by atoms with E-state index in [1.165, 1.54) is 11.1 Å². The standard InChI is InChI=1S/C24H19FN2O3/c1-15-11-13-16(14-12-15)26-23(28)20-21(18-9-5-6-10-19(18)25)27(30-22(20)24(26)29)17-7-3-2-4-8-17/h2-14,20-22H,1H3. The fourth-order valence-corrected chi connectivity index (χ4v) is 4.19. The summed E-state index contributed by atoms with van der Waals surface area (Å²) in [6.45, 7) is 1.93. The van der Waals surface area contributed by atoms with Crippen molar-refractivity contribution < 1.29 is 18.8 Å². The number of amides is 2. The largest absolute Gasteiger partial charge is 0.273 e. The Balaban J connectivity index is 1.60. The normalized spacial score (nSPS) is 23.2. The van der Waals surface area contributed by atoms with E-state index in [4.69, 9.17) is 4.84 Å². The molecule has 0 N–H and O–H groups in total. The zero-order valence-electron chi connectivity index (χ0n) is 16.2. The average molecular weight is 402 g/mol. The number of imide groups is 1. The summed E-state index contributed by atoms with van der Waals surface area (Å²) in [5, 5.41) is 1.50. The number of anilines is 2. The molecule has 5 nitrogen and oxygen atoms in total. The Morgan fingerprint density at radius 1 is 0.800 bits per heavy atom. The molecule has 2 aliphatic rings. The van der Waals surface area contributed by atoms with E-state index < -0.39 is 29.8 Å². The molecule has 6 heteroatoms. The highest BCUT2D eigenvalue weighted by atomic mass is 19.1. The topological polar surface area (TPSA) is 49.9 Å². The predicted octanol–water partition coefficient (Wildman–Crippen LogP) is 4.19. The van der Waals surface area contributed by atoms with Crippen LogP contribution in [0, 0.1) is 18.7 Å². The van der Waals surface area contributed by atoms with E-state index in [9.17, 15) is 14.0 Å². The number of aryl methyl sites for hydroxylation is 1. The SMILES string of the molecule is Cc1ccc(N2C(=O)C3ON(c4ccccc4)C(c4ccccc4F)C3C2=O)cc1. The van der Waals surface area contributed by atoms with Gasteiger partial charge in [-0.25, -0.2) is 14.4 Å². The van der Waals surface area contributed by atoms with Crippen LogP contribution in [0.25, 0.3) is 0 Å². The summed E-state index contributed by atoms with van der Waals surface area (Å²) in [7, 11) is 0. The molecule has 30 heavy (non-hydrogen) atoms. The minimum atomic E-state index is -1.01. The first-order valence-electron chi connectivity index (χ1n) is 9.76. The van der Waals surface area contributed by atoms with Crippen LogP contribution in [-0.2, 0) is 14.4 Å². The number of hydrogen-bond acceptors (Lipinski definition) is 4. The minimum Gasteiger partial charge on any atom is -0.273 e. The van der Waals surface area contributed by atoms with E-state index in [0.717, 1.165) is 10.5 Å². The quantitative estimate of drug-likeness (QED) is 0.617. The van der Waals surface area contributed by atoms with Gasteiger partial charge in [-0.05, 0) is 37.3 Å². The van der Waals surface area contributed by atoms with Gasteiger partial charge in [0.05, 0.1) is 17.4 Å². The first-order valence-corrected chi connectivity index (χ1v) is 9.76. The number of para-hydroxylation sites is 1. The van der Waals surface area contributed by atoms with Crippen molar-refractivity contribution in [1.82, 2.24) is 0 Å². The number of carbonyl (C=O) groups excluding carboxylic acids is 2. The average Bonchev–Trinajstić information content (AvgIpc) is 3.26. The molecule has 5 rings (SSSR count). The Morgan fingerprint density at radius 3 is 2.17 bits per heavy atom. The smallest absolute Gasteiger partial charge is 0.266 e. The number of hydrogen-bond donors (Lipinski definition) is 0. The molecule has 3 aromatic rings. The maximum Gasteiger partial charge on any atom is 0.266 e. The summed E-state index contributed by atoms with van der Waals surface area (Å²) in [5.41, 5.74) is 2.49. The van der Waals surface area contributed by atoms with Gasteiger partial charge in [-0.1, -0.05) is 54.1 Å². The second-order valence-electron chi connectivity index (χ2n) is 7.53. The maximum absolute atomic E-state index is 14.8. The van der Waals surface area contributed by atoms with Crippen molar-refractivity contribution in [2.45, 2.75) is 19.1 Å².